The molecule has 32 heavy (non-hydrogen) atoms. The molecule has 0 aromatic heterocycles. The Morgan fingerprint density at radius 3 is 2.12 bits per heavy atom. The molecule has 1 heterocycles. The van der Waals surface area contributed by atoms with Gasteiger partial charge in [0.1, 0.15) is 0 Å². The molecule has 0 radical (unpaired) electrons. The van der Waals surface area contributed by atoms with Crippen LogP contribution < -0.4 is 0 Å². The summed E-state index contributed by atoms with van der Waals surface area (Å²) in [4.78, 5) is 14.7. The van der Waals surface area contributed by atoms with Crippen LogP contribution in [0, 0.1) is 5.82 Å². The smallest absolute Gasteiger partial charge is 0.243 e. The van der Waals surface area contributed by atoms with Crippen LogP contribution in [-0.2, 0) is 16.6 Å². The Bertz CT molecular complexity index is 1210. The van der Waals surface area contributed by atoms with Gasteiger partial charge in [-0.15, -0.1) is 0 Å². The van der Waals surface area contributed by atoms with E-state index in [1.165, 1.54) is 40.7 Å². The van der Waals surface area contributed by atoms with Crippen LogP contribution in [0.4, 0.5) is 4.39 Å². The number of phenolic OH excluding ortho intramolecular Hbond substituents is 1. The third-order valence-corrected chi connectivity index (χ3v) is 7.45. The molecular formula is C24H23FN2O4S. The van der Waals surface area contributed by atoms with Crippen LogP contribution in [0.25, 0.3) is 0 Å². The highest BCUT2D eigenvalue weighted by Crippen LogP contribution is 2.21. The summed E-state index contributed by atoms with van der Waals surface area (Å²) in [6, 6.07) is 19.1. The summed E-state index contributed by atoms with van der Waals surface area (Å²) in [5.74, 6) is -1.21. The van der Waals surface area contributed by atoms with Gasteiger partial charge in [0.2, 0.25) is 10.0 Å². The number of rotatable bonds is 6. The maximum absolute atomic E-state index is 13.5. The molecule has 0 atom stereocenters. The second-order valence-electron chi connectivity index (χ2n) is 7.69. The number of halogens is 1. The zero-order valence-electron chi connectivity index (χ0n) is 17.3. The molecule has 8 heteroatoms. The van der Waals surface area contributed by atoms with Gasteiger partial charge in [-0.2, -0.15) is 4.31 Å². The number of nitrogens with zero attached hydrogens (tertiary/aromatic N) is 2. The molecule has 0 amide bonds. The van der Waals surface area contributed by atoms with E-state index in [-0.39, 0.29) is 16.4 Å². The van der Waals surface area contributed by atoms with Crippen LogP contribution in [0.1, 0.15) is 21.5 Å². The van der Waals surface area contributed by atoms with E-state index in [0.29, 0.717) is 43.9 Å². The van der Waals surface area contributed by atoms with E-state index < -0.39 is 15.8 Å². The largest absolute Gasteiger partial charge is 0.505 e. The molecule has 0 aliphatic carbocycles. The number of piperazine rings is 1. The molecule has 0 saturated carbocycles. The number of phenols is 1. The lowest BCUT2D eigenvalue weighted by Gasteiger charge is -2.34. The fraction of sp³-hybridized carbons (Fsp3) is 0.208. The Balaban J connectivity index is 1.39. The first kappa shape index (κ1) is 22.1. The van der Waals surface area contributed by atoms with Crippen molar-refractivity contribution in [3.05, 3.63) is 95.3 Å². The Morgan fingerprint density at radius 1 is 0.875 bits per heavy atom. The molecule has 1 saturated heterocycles. The topological polar surface area (TPSA) is 77.9 Å². The van der Waals surface area contributed by atoms with E-state index in [0.717, 1.165) is 5.56 Å². The van der Waals surface area contributed by atoms with E-state index >= 15 is 0 Å². The highest BCUT2D eigenvalue weighted by Gasteiger charge is 2.28. The van der Waals surface area contributed by atoms with Gasteiger partial charge in [-0.3, -0.25) is 9.69 Å². The first-order chi connectivity index (χ1) is 15.3. The molecule has 0 bridgehead atoms. The van der Waals surface area contributed by atoms with Gasteiger partial charge < -0.3 is 5.11 Å². The zero-order valence-corrected chi connectivity index (χ0v) is 18.1. The minimum absolute atomic E-state index is 0.149. The second kappa shape index (κ2) is 9.20. The average molecular weight is 455 g/mol. The van der Waals surface area contributed by atoms with E-state index in [1.54, 1.807) is 30.3 Å². The molecule has 0 spiro atoms. The normalized spacial score (nSPS) is 15.5. The summed E-state index contributed by atoms with van der Waals surface area (Å²) in [7, 11) is -3.68. The van der Waals surface area contributed by atoms with Crippen molar-refractivity contribution >= 4 is 15.8 Å². The lowest BCUT2D eigenvalue weighted by molar-refractivity contribution is 0.103. The maximum Gasteiger partial charge on any atom is 0.243 e. The van der Waals surface area contributed by atoms with Crippen molar-refractivity contribution in [2.75, 3.05) is 26.2 Å². The predicted octanol–water partition coefficient (Wildman–Crippen LogP) is 3.27. The molecular weight excluding hydrogens is 431 g/mol. The molecule has 1 aliphatic rings. The van der Waals surface area contributed by atoms with Gasteiger partial charge in [0.25, 0.3) is 0 Å². The molecule has 1 aliphatic heterocycles. The van der Waals surface area contributed by atoms with Gasteiger partial charge in [-0.25, -0.2) is 12.8 Å². The third kappa shape index (κ3) is 4.72. The van der Waals surface area contributed by atoms with Crippen LogP contribution in [0.15, 0.2) is 77.7 Å². The van der Waals surface area contributed by atoms with Gasteiger partial charge in [-0.1, -0.05) is 36.4 Å². The minimum atomic E-state index is -3.68. The van der Waals surface area contributed by atoms with Crippen LogP contribution in [0.3, 0.4) is 0 Å². The van der Waals surface area contributed by atoms with E-state index in [1.807, 2.05) is 11.0 Å². The van der Waals surface area contributed by atoms with E-state index in [9.17, 15) is 22.7 Å². The quantitative estimate of drug-likeness (QED) is 0.579. The number of benzene rings is 3. The van der Waals surface area contributed by atoms with Gasteiger partial charge >= 0.3 is 0 Å². The highest BCUT2D eigenvalue weighted by molar-refractivity contribution is 7.89. The molecule has 0 unspecified atom stereocenters. The van der Waals surface area contributed by atoms with Crippen LogP contribution >= 0.6 is 0 Å². The molecule has 6 nitrogen and oxygen atoms in total. The number of hydrogen-bond donors (Lipinski definition) is 1. The summed E-state index contributed by atoms with van der Waals surface area (Å²) in [5, 5.41) is 9.31. The van der Waals surface area contributed by atoms with E-state index in [4.69, 9.17) is 0 Å². The molecule has 1 N–H and O–H groups in total. The van der Waals surface area contributed by atoms with Crippen molar-refractivity contribution in [1.29, 1.82) is 0 Å². The Kier molecular flexibility index (Phi) is 6.36. The van der Waals surface area contributed by atoms with Crippen molar-refractivity contribution in [2.24, 2.45) is 0 Å². The summed E-state index contributed by atoms with van der Waals surface area (Å²) >= 11 is 0. The number of aromatic hydroxyl groups is 1. The summed E-state index contributed by atoms with van der Waals surface area (Å²) in [6.45, 7) is 2.11. The van der Waals surface area contributed by atoms with Gasteiger partial charge in [0, 0.05) is 43.9 Å². The lowest BCUT2D eigenvalue weighted by atomic mass is 10.0. The molecule has 1 fully saturated rings. The lowest BCUT2D eigenvalue weighted by Crippen LogP contribution is -2.48. The average Bonchev–Trinajstić information content (AvgIpc) is 2.82. The molecule has 166 valence electrons. The standard InChI is InChI=1S/C24H23FN2O4S/c25-22-16-18(6-11-23(22)28)17-26-12-14-27(15-13-26)32(30,31)21-9-7-20(8-10-21)24(29)19-4-2-1-3-5-19/h1-11,16,28H,12-15,17H2. The van der Waals surface area contributed by atoms with Crippen LogP contribution in [-0.4, -0.2) is 54.7 Å². The fourth-order valence-corrected chi connectivity index (χ4v) is 5.14. The molecule has 3 aromatic rings. The molecule has 4 rings (SSSR count). The highest BCUT2D eigenvalue weighted by atomic mass is 32.2. The van der Waals surface area contributed by atoms with E-state index in [2.05, 4.69) is 0 Å². The monoisotopic (exact) mass is 454 g/mol. The summed E-state index contributed by atoms with van der Waals surface area (Å²) in [5.41, 5.74) is 1.70. The first-order valence-electron chi connectivity index (χ1n) is 10.2. The minimum Gasteiger partial charge on any atom is -0.505 e. The summed E-state index contributed by atoms with van der Waals surface area (Å²) in [6.07, 6.45) is 0. The van der Waals surface area contributed by atoms with Crippen molar-refractivity contribution in [3.8, 4) is 5.75 Å². The van der Waals surface area contributed by atoms with Crippen LogP contribution in [0.5, 0.6) is 5.75 Å². The number of hydrogen-bond acceptors (Lipinski definition) is 5. The first-order valence-corrected chi connectivity index (χ1v) is 11.7. The number of carbonyl (C=O) groups excluding carboxylic acids is 1. The van der Waals surface area contributed by atoms with Crippen molar-refractivity contribution in [2.45, 2.75) is 11.4 Å². The number of carbonyl (C=O) groups is 1. The third-order valence-electron chi connectivity index (χ3n) is 5.54. The Labute approximate surface area is 186 Å². The Morgan fingerprint density at radius 2 is 1.50 bits per heavy atom. The van der Waals surface area contributed by atoms with Crippen molar-refractivity contribution < 1.29 is 22.7 Å². The Hall–Kier alpha value is -3.07. The maximum atomic E-state index is 13.5. The molecule has 3 aromatic carbocycles. The van der Waals surface area contributed by atoms with Gasteiger partial charge in [0.15, 0.2) is 17.3 Å². The van der Waals surface area contributed by atoms with Gasteiger partial charge in [0.05, 0.1) is 4.90 Å². The van der Waals surface area contributed by atoms with Crippen molar-refractivity contribution in [3.63, 3.8) is 0 Å². The fourth-order valence-electron chi connectivity index (χ4n) is 3.72. The SMILES string of the molecule is O=C(c1ccccc1)c1ccc(S(=O)(=O)N2CCN(Cc3ccc(O)c(F)c3)CC2)cc1. The van der Waals surface area contributed by atoms with Crippen molar-refractivity contribution in [1.82, 2.24) is 9.21 Å². The summed E-state index contributed by atoms with van der Waals surface area (Å²) < 4.78 is 41.0. The zero-order chi connectivity index (χ0) is 22.7. The number of sulfonamides is 1. The number of ketones is 1. The second-order valence-corrected chi connectivity index (χ2v) is 9.62. The van der Waals surface area contributed by atoms with Crippen LogP contribution in [0.2, 0.25) is 0 Å². The predicted molar refractivity (Wildman–Crippen MR) is 118 cm³/mol. The van der Waals surface area contributed by atoms with Gasteiger partial charge in [-0.05, 0) is 42.0 Å².